The normalized spacial score (nSPS) is 12.4. The van der Waals surface area contributed by atoms with E-state index in [2.05, 4.69) is 25.1 Å². The second-order valence-electron chi connectivity index (χ2n) is 8.06. The Bertz CT molecular complexity index is 1450. The van der Waals surface area contributed by atoms with Crippen molar-refractivity contribution in [3.8, 4) is 28.6 Å². The first-order valence-electron chi connectivity index (χ1n) is 11.0. The lowest BCUT2D eigenvalue weighted by Gasteiger charge is -2.18. The van der Waals surface area contributed by atoms with Gasteiger partial charge in [0.05, 0.1) is 31.9 Å². The molecule has 12 heteroatoms. The highest BCUT2D eigenvalue weighted by Gasteiger charge is 2.29. The highest BCUT2D eigenvalue weighted by atomic mass is 32.2. The molecule has 3 heterocycles. The van der Waals surface area contributed by atoms with E-state index >= 15 is 0 Å². The molecule has 10 nitrogen and oxygen atoms in total. The van der Waals surface area contributed by atoms with Crippen LogP contribution in [0.15, 0.2) is 48.9 Å². The zero-order chi connectivity index (χ0) is 25.9. The van der Waals surface area contributed by atoms with Crippen LogP contribution in [0.3, 0.4) is 0 Å². The Kier molecular flexibility index (Phi) is 7.25. The van der Waals surface area contributed by atoms with Crippen LogP contribution in [0.1, 0.15) is 24.3 Å². The molecule has 0 fully saturated rings. The Hall–Kier alpha value is -3.93. The second-order valence-corrected chi connectivity index (χ2v) is 10.5. The van der Waals surface area contributed by atoms with Crippen LogP contribution in [0.5, 0.6) is 11.5 Å². The molecule has 36 heavy (non-hydrogen) atoms. The molecule has 0 amide bonds. The van der Waals surface area contributed by atoms with E-state index in [1.54, 1.807) is 42.0 Å². The van der Waals surface area contributed by atoms with Crippen LogP contribution in [0.4, 0.5) is 4.39 Å². The van der Waals surface area contributed by atoms with E-state index < -0.39 is 26.7 Å². The fourth-order valence-corrected chi connectivity index (χ4v) is 4.98. The lowest BCUT2D eigenvalue weighted by atomic mass is 10.1. The summed E-state index contributed by atoms with van der Waals surface area (Å²) in [6.45, 7) is 3.38. The van der Waals surface area contributed by atoms with Gasteiger partial charge in [-0.15, -0.1) is 10.2 Å². The van der Waals surface area contributed by atoms with Gasteiger partial charge in [0.2, 0.25) is 0 Å². The van der Waals surface area contributed by atoms with Crippen molar-refractivity contribution >= 4 is 9.84 Å². The number of methoxy groups -OCH3 is 2. The van der Waals surface area contributed by atoms with E-state index in [-0.39, 0.29) is 18.1 Å². The predicted molar refractivity (Wildman–Crippen MR) is 130 cm³/mol. The van der Waals surface area contributed by atoms with Crippen molar-refractivity contribution in [3.05, 3.63) is 72.1 Å². The van der Waals surface area contributed by atoms with Crippen molar-refractivity contribution in [1.29, 1.82) is 0 Å². The number of ether oxygens (including phenoxy) is 2. The molecular formula is C24H25FN6O4S. The maximum atomic E-state index is 13.4. The van der Waals surface area contributed by atoms with Gasteiger partial charge in [-0.25, -0.2) is 22.8 Å². The fraction of sp³-hybridized carbons (Fsp3) is 0.292. The molecule has 0 spiro atoms. The number of hydrogen-bond acceptors (Lipinski definition) is 9. The second kappa shape index (κ2) is 10.4. The van der Waals surface area contributed by atoms with E-state index in [1.807, 2.05) is 13.0 Å². The van der Waals surface area contributed by atoms with Crippen molar-refractivity contribution in [2.45, 2.75) is 31.3 Å². The first-order valence-corrected chi connectivity index (χ1v) is 12.7. The molecule has 0 saturated heterocycles. The van der Waals surface area contributed by atoms with Crippen LogP contribution in [0.2, 0.25) is 0 Å². The summed E-state index contributed by atoms with van der Waals surface area (Å²) in [6.07, 6.45) is 3.70. The smallest absolute Gasteiger partial charge is 0.170 e. The number of benzene rings is 1. The SMILES string of the molecule is COc1cccc(OC)c1-n1c(CS(=O)(=O)[C@@H](C)Cc2ncc(F)cn2)nnc1-c1cccnc1C. The molecule has 188 valence electrons. The van der Waals surface area contributed by atoms with Gasteiger partial charge in [-0.2, -0.15) is 0 Å². The maximum absolute atomic E-state index is 13.4. The third-order valence-electron chi connectivity index (χ3n) is 5.69. The van der Waals surface area contributed by atoms with Gasteiger partial charge in [0.15, 0.2) is 27.3 Å². The monoisotopic (exact) mass is 512 g/mol. The summed E-state index contributed by atoms with van der Waals surface area (Å²) in [5.74, 6) is 0.666. The standard InChI is InChI=1S/C24H25FN6O4S/c1-15(11-21-27-12-17(25)13-28-21)36(32,33)14-22-29-30-24(18-7-6-10-26-16(18)2)31(22)23-19(34-3)8-5-9-20(23)35-4/h5-10,12-13,15H,11,14H2,1-4H3/t15-/m0/s1. The molecule has 1 aromatic carbocycles. The summed E-state index contributed by atoms with van der Waals surface area (Å²) in [4.78, 5) is 12.1. The minimum absolute atomic E-state index is 0.0172. The minimum Gasteiger partial charge on any atom is -0.494 e. The summed E-state index contributed by atoms with van der Waals surface area (Å²) in [5.41, 5.74) is 1.83. The van der Waals surface area contributed by atoms with E-state index in [1.165, 1.54) is 14.2 Å². The van der Waals surface area contributed by atoms with Gasteiger partial charge < -0.3 is 9.47 Å². The molecule has 1 atom stereocenters. The van der Waals surface area contributed by atoms with Crippen LogP contribution in [0, 0.1) is 12.7 Å². The van der Waals surface area contributed by atoms with Gasteiger partial charge in [0.25, 0.3) is 0 Å². The Balaban J connectivity index is 1.82. The zero-order valence-electron chi connectivity index (χ0n) is 20.2. The van der Waals surface area contributed by atoms with Crippen LogP contribution in [-0.4, -0.2) is 57.6 Å². The van der Waals surface area contributed by atoms with Crippen molar-refractivity contribution in [2.75, 3.05) is 14.2 Å². The van der Waals surface area contributed by atoms with Gasteiger partial charge in [0.1, 0.15) is 28.8 Å². The predicted octanol–water partition coefficient (Wildman–Crippen LogP) is 3.13. The number of nitrogens with zero attached hydrogens (tertiary/aromatic N) is 6. The number of aromatic nitrogens is 6. The average Bonchev–Trinajstić information content (AvgIpc) is 3.26. The highest BCUT2D eigenvalue weighted by molar-refractivity contribution is 7.91. The van der Waals surface area contributed by atoms with E-state index in [0.717, 1.165) is 12.4 Å². The van der Waals surface area contributed by atoms with Gasteiger partial charge in [-0.1, -0.05) is 6.07 Å². The van der Waals surface area contributed by atoms with Gasteiger partial charge in [-0.05, 0) is 38.1 Å². The Morgan fingerprint density at radius 1 is 1.00 bits per heavy atom. The van der Waals surface area contributed by atoms with E-state index in [4.69, 9.17) is 9.47 Å². The van der Waals surface area contributed by atoms with E-state index in [9.17, 15) is 12.8 Å². The van der Waals surface area contributed by atoms with E-state index in [0.29, 0.717) is 34.3 Å². The Labute approximate surface area is 208 Å². The van der Waals surface area contributed by atoms with Crippen molar-refractivity contribution in [1.82, 2.24) is 29.7 Å². The third-order valence-corrected chi connectivity index (χ3v) is 7.74. The number of halogens is 1. The minimum atomic E-state index is -3.76. The topological polar surface area (TPSA) is 122 Å². The molecule has 0 bridgehead atoms. The first kappa shape index (κ1) is 25.2. The molecule has 0 aliphatic carbocycles. The van der Waals surface area contributed by atoms with Crippen molar-refractivity contribution < 1.29 is 22.3 Å². The van der Waals surface area contributed by atoms with Crippen LogP contribution in [-0.2, 0) is 22.0 Å². The molecule has 4 rings (SSSR count). The largest absolute Gasteiger partial charge is 0.494 e. The zero-order valence-corrected chi connectivity index (χ0v) is 21.0. The molecule has 0 saturated carbocycles. The Morgan fingerprint density at radius 2 is 1.67 bits per heavy atom. The molecule has 0 unspecified atom stereocenters. The number of sulfone groups is 1. The van der Waals surface area contributed by atoms with Crippen LogP contribution >= 0.6 is 0 Å². The van der Waals surface area contributed by atoms with Gasteiger partial charge in [0, 0.05) is 23.9 Å². The lowest BCUT2D eigenvalue weighted by Crippen LogP contribution is -2.24. The van der Waals surface area contributed by atoms with Crippen molar-refractivity contribution in [3.63, 3.8) is 0 Å². The lowest BCUT2D eigenvalue weighted by molar-refractivity contribution is 0.390. The first-order chi connectivity index (χ1) is 17.2. The number of pyridine rings is 1. The number of para-hydroxylation sites is 1. The summed E-state index contributed by atoms with van der Waals surface area (Å²) < 4.78 is 52.7. The molecular weight excluding hydrogens is 487 g/mol. The van der Waals surface area contributed by atoms with Crippen LogP contribution < -0.4 is 9.47 Å². The number of hydrogen-bond donors (Lipinski definition) is 0. The summed E-state index contributed by atoms with van der Waals surface area (Å²) in [6, 6.07) is 8.84. The number of rotatable bonds is 9. The van der Waals surface area contributed by atoms with Gasteiger partial charge >= 0.3 is 0 Å². The van der Waals surface area contributed by atoms with Crippen molar-refractivity contribution in [2.24, 2.45) is 0 Å². The molecule has 0 aliphatic heterocycles. The van der Waals surface area contributed by atoms with Crippen LogP contribution in [0.25, 0.3) is 17.1 Å². The molecule has 4 aromatic rings. The Morgan fingerprint density at radius 3 is 2.28 bits per heavy atom. The fourth-order valence-electron chi connectivity index (χ4n) is 3.74. The average molecular weight is 513 g/mol. The molecule has 0 N–H and O–H groups in total. The third kappa shape index (κ3) is 5.03. The highest BCUT2D eigenvalue weighted by Crippen LogP contribution is 2.37. The summed E-state index contributed by atoms with van der Waals surface area (Å²) in [7, 11) is -0.739. The quantitative estimate of drug-likeness (QED) is 0.333. The number of aryl methyl sites for hydroxylation is 1. The molecule has 3 aromatic heterocycles. The maximum Gasteiger partial charge on any atom is 0.170 e. The summed E-state index contributed by atoms with van der Waals surface area (Å²) >= 11 is 0. The molecule has 0 aliphatic rings. The molecule has 0 radical (unpaired) electrons. The van der Waals surface area contributed by atoms with Gasteiger partial charge in [-0.3, -0.25) is 9.55 Å². The summed E-state index contributed by atoms with van der Waals surface area (Å²) in [5, 5.41) is 7.74.